The summed E-state index contributed by atoms with van der Waals surface area (Å²) in [4.78, 5) is 11.6. The van der Waals surface area contributed by atoms with E-state index in [1.165, 1.54) is 12.8 Å². The predicted octanol–water partition coefficient (Wildman–Crippen LogP) is 4.06. The third kappa shape index (κ3) is 5.53. The minimum Gasteiger partial charge on any atom is -0.462 e. The molecule has 2 nitrogen and oxygen atoms in total. The maximum atomic E-state index is 11.6. The number of benzene rings is 1. The van der Waals surface area contributed by atoms with Gasteiger partial charge in [0.1, 0.15) is 0 Å². The molecular formula is C15H22O2. The van der Waals surface area contributed by atoms with Crippen LogP contribution in [0.4, 0.5) is 0 Å². The average Bonchev–Trinajstić information content (AvgIpc) is 2.38. The number of ether oxygens (including phenoxy) is 1. The van der Waals surface area contributed by atoms with Crippen LogP contribution in [0.1, 0.15) is 49.9 Å². The quantitative estimate of drug-likeness (QED) is 0.525. The standard InChI is InChI=1S/C15H22O2/c1-3-13(2)9-7-8-12-17-15(16)14-10-5-4-6-11-14/h4-6,10-11,13H,3,7-9,12H2,1-2H3. The molecule has 0 amide bonds. The summed E-state index contributed by atoms with van der Waals surface area (Å²) in [5.41, 5.74) is 0.634. The highest BCUT2D eigenvalue weighted by Crippen LogP contribution is 2.11. The Kier molecular flexibility index (Phi) is 6.38. The predicted molar refractivity (Wildman–Crippen MR) is 70.0 cm³/mol. The second kappa shape index (κ2) is 7.88. The Hall–Kier alpha value is -1.31. The van der Waals surface area contributed by atoms with E-state index in [2.05, 4.69) is 13.8 Å². The number of carbonyl (C=O) groups is 1. The first kappa shape index (κ1) is 13.8. The lowest BCUT2D eigenvalue weighted by Crippen LogP contribution is -2.06. The van der Waals surface area contributed by atoms with Gasteiger partial charge in [0.15, 0.2) is 0 Å². The Bertz CT molecular complexity index is 319. The van der Waals surface area contributed by atoms with Crippen LogP contribution >= 0.6 is 0 Å². The summed E-state index contributed by atoms with van der Waals surface area (Å²) in [5.74, 6) is 0.564. The largest absolute Gasteiger partial charge is 0.462 e. The van der Waals surface area contributed by atoms with Crippen molar-refractivity contribution in [1.82, 2.24) is 0 Å². The minimum absolute atomic E-state index is 0.214. The molecule has 0 aliphatic carbocycles. The van der Waals surface area contributed by atoms with Crippen molar-refractivity contribution in [3.05, 3.63) is 35.9 Å². The first-order chi connectivity index (χ1) is 8.24. The average molecular weight is 234 g/mol. The zero-order valence-corrected chi connectivity index (χ0v) is 10.8. The maximum absolute atomic E-state index is 11.6. The van der Waals surface area contributed by atoms with Crippen LogP contribution in [0, 0.1) is 5.92 Å². The molecule has 0 aliphatic rings. The topological polar surface area (TPSA) is 26.3 Å². The molecule has 17 heavy (non-hydrogen) atoms. The van der Waals surface area contributed by atoms with Crippen molar-refractivity contribution >= 4 is 5.97 Å². The van der Waals surface area contributed by atoms with E-state index in [4.69, 9.17) is 4.74 Å². The van der Waals surface area contributed by atoms with E-state index in [0.717, 1.165) is 18.8 Å². The summed E-state index contributed by atoms with van der Waals surface area (Å²) in [6, 6.07) is 9.14. The fourth-order valence-electron chi connectivity index (χ4n) is 1.62. The number of hydrogen-bond donors (Lipinski definition) is 0. The SMILES string of the molecule is CCC(C)CCCCOC(=O)c1ccccc1. The second-order valence-electron chi connectivity index (χ2n) is 4.51. The Morgan fingerprint density at radius 1 is 1.24 bits per heavy atom. The van der Waals surface area contributed by atoms with Gasteiger partial charge in [-0.2, -0.15) is 0 Å². The van der Waals surface area contributed by atoms with Crippen LogP contribution in [-0.2, 0) is 4.74 Å². The van der Waals surface area contributed by atoms with Gasteiger partial charge in [-0.15, -0.1) is 0 Å². The molecule has 0 N–H and O–H groups in total. The molecule has 1 atom stereocenters. The zero-order chi connectivity index (χ0) is 12.5. The fraction of sp³-hybridized carbons (Fsp3) is 0.533. The van der Waals surface area contributed by atoms with Crippen LogP contribution in [0.15, 0.2) is 30.3 Å². The van der Waals surface area contributed by atoms with Gasteiger partial charge in [0.05, 0.1) is 12.2 Å². The van der Waals surface area contributed by atoms with Crippen molar-refractivity contribution in [2.75, 3.05) is 6.61 Å². The van der Waals surface area contributed by atoms with Crippen molar-refractivity contribution in [3.8, 4) is 0 Å². The van der Waals surface area contributed by atoms with E-state index in [1.807, 2.05) is 18.2 Å². The van der Waals surface area contributed by atoms with E-state index in [-0.39, 0.29) is 5.97 Å². The summed E-state index contributed by atoms with van der Waals surface area (Å²) >= 11 is 0. The van der Waals surface area contributed by atoms with E-state index in [9.17, 15) is 4.79 Å². The van der Waals surface area contributed by atoms with Gasteiger partial charge in [-0.1, -0.05) is 44.9 Å². The molecule has 0 heterocycles. The number of rotatable bonds is 7. The van der Waals surface area contributed by atoms with Gasteiger partial charge in [0.25, 0.3) is 0 Å². The third-order valence-electron chi connectivity index (χ3n) is 3.03. The smallest absolute Gasteiger partial charge is 0.338 e. The Morgan fingerprint density at radius 3 is 2.59 bits per heavy atom. The highest BCUT2D eigenvalue weighted by molar-refractivity contribution is 5.89. The van der Waals surface area contributed by atoms with E-state index in [0.29, 0.717) is 12.2 Å². The molecule has 1 rings (SSSR count). The van der Waals surface area contributed by atoms with Gasteiger partial charge >= 0.3 is 5.97 Å². The molecule has 0 aliphatic heterocycles. The van der Waals surface area contributed by atoms with Gasteiger partial charge in [-0.25, -0.2) is 4.79 Å². The first-order valence-electron chi connectivity index (χ1n) is 6.46. The molecule has 0 spiro atoms. The van der Waals surface area contributed by atoms with Gasteiger partial charge < -0.3 is 4.74 Å². The summed E-state index contributed by atoms with van der Waals surface area (Å²) in [5, 5.41) is 0. The Balaban J connectivity index is 2.13. The van der Waals surface area contributed by atoms with Crippen molar-refractivity contribution in [3.63, 3.8) is 0 Å². The first-order valence-corrected chi connectivity index (χ1v) is 6.46. The third-order valence-corrected chi connectivity index (χ3v) is 3.03. The molecular weight excluding hydrogens is 212 g/mol. The molecule has 2 heteroatoms. The molecule has 1 aromatic carbocycles. The van der Waals surface area contributed by atoms with Crippen LogP contribution in [0.2, 0.25) is 0 Å². The lowest BCUT2D eigenvalue weighted by atomic mass is 10.0. The van der Waals surface area contributed by atoms with Gasteiger partial charge in [-0.3, -0.25) is 0 Å². The molecule has 0 saturated heterocycles. The summed E-state index contributed by atoms with van der Waals surface area (Å²) in [6.07, 6.45) is 4.54. The van der Waals surface area contributed by atoms with Crippen LogP contribution < -0.4 is 0 Å². The highest BCUT2D eigenvalue weighted by atomic mass is 16.5. The van der Waals surface area contributed by atoms with Crippen LogP contribution in [-0.4, -0.2) is 12.6 Å². The number of hydrogen-bond acceptors (Lipinski definition) is 2. The zero-order valence-electron chi connectivity index (χ0n) is 10.8. The molecule has 0 fully saturated rings. The summed E-state index contributed by atoms with van der Waals surface area (Å²) < 4.78 is 5.20. The van der Waals surface area contributed by atoms with Crippen molar-refractivity contribution in [2.45, 2.75) is 39.5 Å². The van der Waals surface area contributed by atoms with Crippen LogP contribution in [0.25, 0.3) is 0 Å². The minimum atomic E-state index is -0.214. The molecule has 94 valence electrons. The second-order valence-corrected chi connectivity index (χ2v) is 4.51. The van der Waals surface area contributed by atoms with Crippen molar-refractivity contribution < 1.29 is 9.53 Å². The van der Waals surface area contributed by atoms with Crippen LogP contribution in [0.3, 0.4) is 0 Å². The normalized spacial score (nSPS) is 12.1. The molecule has 0 aromatic heterocycles. The van der Waals surface area contributed by atoms with Crippen molar-refractivity contribution in [1.29, 1.82) is 0 Å². The molecule has 0 radical (unpaired) electrons. The number of unbranched alkanes of at least 4 members (excludes halogenated alkanes) is 1. The lowest BCUT2D eigenvalue weighted by molar-refractivity contribution is 0.0497. The van der Waals surface area contributed by atoms with Gasteiger partial charge in [0.2, 0.25) is 0 Å². The Morgan fingerprint density at radius 2 is 1.94 bits per heavy atom. The van der Waals surface area contributed by atoms with E-state index >= 15 is 0 Å². The lowest BCUT2D eigenvalue weighted by Gasteiger charge is -2.08. The molecule has 0 saturated carbocycles. The monoisotopic (exact) mass is 234 g/mol. The molecule has 1 unspecified atom stereocenters. The van der Waals surface area contributed by atoms with Crippen LogP contribution in [0.5, 0.6) is 0 Å². The summed E-state index contributed by atoms with van der Waals surface area (Å²) in [6.45, 7) is 5.00. The maximum Gasteiger partial charge on any atom is 0.338 e. The number of esters is 1. The fourth-order valence-corrected chi connectivity index (χ4v) is 1.62. The molecule has 1 aromatic rings. The molecule has 0 bridgehead atoms. The Labute approximate surface area is 104 Å². The van der Waals surface area contributed by atoms with E-state index < -0.39 is 0 Å². The summed E-state index contributed by atoms with van der Waals surface area (Å²) in [7, 11) is 0. The van der Waals surface area contributed by atoms with E-state index in [1.54, 1.807) is 12.1 Å². The highest BCUT2D eigenvalue weighted by Gasteiger charge is 2.05. The van der Waals surface area contributed by atoms with Gasteiger partial charge in [-0.05, 0) is 30.9 Å². The van der Waals surface area contributed by atoms with Gasteiger partial charge in [0, 0.05) is 0 Å². The number of carbonyl (C=O) groups excluding carboxylic acids is 1. The van der Waals surface area contributed by atoms with Crippen molar-refractivity contribution in [2.24, 2.45) is 5.92 Å².